The van der Waals surface area contributed by atoms with Gasteiger partial charge in [0.1, 0.15) is 5.75 Å². The van der Waals surface area contributed by atoms with E-state index in [0.29, 0.717) is 0 Å². The molecule has 1 unspecified atom stereocenters. The van der Waals surface area contributed by atoms with Crippen LogP contribution in [0.4, 0.5) is 13.2 Å². The molecular weight excluding hydrogens is 195 g/mol. The molecule has 0 radical (unpaired) electrons. The summed E-state index contributed by atoms with van der Waals surface area (Å²) in [7, 11) is 0. The van der Waals surface area contributed by atoms with E-state index in [9.17, 15) is 18.3 Å². The summed E-state index contributed by atoms with van der Waals surface area (Å²) in [5.41, 5.74) is 4.21. The molecule has 0 aliphatic rings. The molecule has 14 heavy (non-hydrogen) atoms. The van der Waals surface area contributed by atoms with Crippen molar-refractivity contribution >= 4 is 0 Å². The molecule has 0 amide bonds. The Balaban J connectivity index is 3.36. The van der Waals surface area contributed by atoms with Gasteiger partial charge in [-0.05, 0) is 19.1 Å². The number of alkyl halides is 3. The number of hydrogen-bond acceptors (Lipinski definition) is 2. The maximum atomic E-state index is 12.4. The lowest BCUT2D eigenvalue weighted by Gasteiger charge is -2.16. The Labute approximate surface area is 79.2 Å². The molecule has 0 heterocycles. The zero-order valence-electron chi connectivity index (χ0n) is 7.47. The van der Waals surface area contributed by atoms with E-state index < -0.39 is 23.5 Å². The molecule has 1 atom stereocenters. The molecule has 1 aromatic rings. The second-order valence-electron chi connectivity index (χ2n) is 3.02. The average Bonchev–Trinajstić information content (AvgIpc) is 2.01. The van der Waals surface area contributed by atoms with Crippen molar-refractivity contribution in [3.8, 4) is 5.75 Å². The highest BCUT2D eigenvalue weighted by Crippen LogP contribution is 2.37. The topological polar surface area (TPSA) is 46.2 Å². The Hall–Kier alpha value is -1.23. The number of halogens is 3. The Morgan fingerprint density at radius 2 is 1.93 bits per heavy atom. The standard InChI is InChI=1S/C9H10F3NO/c1-5(13)8-6(9(10,11)12)3-2-4-7(8)14/h2-5,14H,13H2,1H3. The van der Waals surface area contributed by atoms with Crippen molar-refractivity contribution in [1.29, 1.82) is 0 Å². The maximum absolute atomic E-state index is 12.4. The number of nitrogens with two attached hydrogens (primary N) is 1. The minimum absolute atomic E-state index is 0.264. The van der Waals surface area contributed by atoms with Crippen molar-refractivity contribution in [2.75, 3.05) is 0 Å². The normalized spacial score (nSPS) is 14.1. The minimum Gasteiger partial charge on any atom is -0.508 e. The van der Waals surface area contributed by atoms with Gasteiger partial charge < -0.3 is 10.8 Å². The van der Waals surface area contributed by atoms with Gasteiger partial charge in [0, 0.05) is 11.6 Å². The number of rotatable bonds is 1. The number of hydrogen-bond donors (Lipinski definition) is 2. The fourth-order valence-corrected chi connectivity index (χ4v) is 1.28. The highest BCUT2D eigenvalue weighted by molar-refractivity contribution is 5.42. The molecule has 0 spiro atoms. The van der Waals surface area contributed by atoms with Crippen LogP contribution in [-0.2, 0) is 6.18 Å². The SMILES string of the molecule is CC(N)c1c(O)cccc1C(F)(F)F. The first-order valence-electron chi connectivity index (χ1n) is 3.98. The van der Waals surface area contributed by atoms with E-state index >= 15 is 0 Å². The van der Waals surface area contributed by atoms with Crippen LogP contribution in [0.1, 0.15) is 24.1 Å². The molecule has 0 fully saturated rings. The van der Waals surface area contributed by atoms with Gasteiger partial charge >= 0.3 is 6.18 Å². The van der Waals surface area contributed by atoms with Crippen LogP contribution in [0.2, 0.25) is 0 Å². The van der Waals surface area contributed by atoms with Crippen LogP contribution in [0.5, 0.6) is 5.75 Å². The van der Waals surface area contributed by atoms with E-state index in [-0.39, 0.29) is 5.56 Å². The van der Waals surface area contributed by atoms with Gasteiger partial charge in [0.2, 0.25) is 0 Å². The van der Waals surface area contributed by atoms with Gasteiger partial charge in [0.05, 0.1) is 5.56 Å². The lowest BCUT2D eigenvalue weighted by atomic mass is 10.0. The third-order valence-electron chi connectivity index (χ3n) is 1.84. The summed E-state index contributed by atoms with van der Waals surface area (Å²) in [4.78, 5) is 0. The Kier molecular flexibility index (Phi) is 2.71. The molecular formula is C9H10F3NO. The predicted molar refractivity (Wildman–Crippen MR) is 45.7 cm³/mol. The Morgan fingerprint density at radius 3 is 2.29 bits per heavy atom. The van der Waals surface area contributed by atoms with E-state index in [4.69, 9.17) is 5.73 Å². The van der Waals surface area contributed by atoms with Crippen molar-refractivity contribution in [3.63, 3.8) is 0 Å². The fraction of sp³-hybridized carbons (Fsp3) is 0.333. The first-order chi connectivity index (χ1) is 6.34. The number of phenolic OH excluding ortho intramolecular Hbond substituents is 1. The molecule has 0 aliphatic carbocycles. The number of phenols is 1. The molecule has 1 aromatic carbocycles. The fourth-order valence-electron chi connectivity index (χ4n) is 1.28. The maximum Gasteiger partial charge on any atom is 0.416 e. The Bertz CT molecular complexity index is 333. The van der Waals surface area contributed by atoms with Gasteiger partial charge in [-0.25, -0.2) is 0 Å². The van der Waals surface area contributed by atoms with E-state index in [1.165, 1.54) is 13.0 Å². The quantitative estimate of drug-likeness (QED) is 0.739. The van der Waals surface area contributed by atoms with Crippen molar-refractivity contribution in [2.24, 2.45) is 5.73 Å². The predicted octanol–water partition coefficient (Wildman–Crippen LogP) is 2.43. The zero-order chi connectivity index (χ0) is 10.9. The molecule has 3 N–H and O–H groups in total. The van der Waals surface area contributed by atoms with Crippen LogP contribution in [0.15, 0.2) is 18.2 Å². The first-order valence-corrected chi connectivity index (χ1v) is 3.98. The van der Waals surface area contributed by atoms with Gasteiger partial charge in [-0.2, -0.15) is 13.2 Å². The van der Waals surface area contributed by atoms with Crippen molar-refractivity contribution in [3.05, 3.63) is 29.3 Å². The van der Waals surface area contributed by atoms with Gasteiger partial charge in [-0.1, -0.05) is 6.07 Å². The van der Waals surface area contributed by atoms with Crippen LogP contribution in [0.25, 0.3) is 0 Å². The van der Waals surface area contributed by atoms with Crippen LogP contribution in [-0.4, -0.2) is 5.11 Å². The van der Waals surface area contributed by atoms with Crippen molar-refractivity contribution < 1.29 is 18.3 Å². The Morgan fingerprint density at radius 1 is 1.36 bits per heavy atom. The van der Waals surface area contributed by atoms with E-state index in [0.717, 1.165) is 12.1 Å². The second kappa shape index (κ2) is 3.49. The third-order valence-corrected chi connectivity index (χ3v) is 1.84. The summed E-state index contributed by atoms with van der Waals surface area (Å²) in [6.45, 7) is 1.39. The summed E-state index contributed by atoms with van der Waals surface area (Å²) in [5.74, 6) is -0.421. The van der Waals surface area contributed by atoms with Gasteiger partial charge in [0.25, 0.3) is 0 Å². The highest BCUT2D eigenvalue weighted by Gasteiger charge is 2.35. The molecule has 0 aliphatic heterocycles. The average molecular weight is 205 g/mol. The molecule has 5 heteroatoms. The summed E-state index contributed by atoms with van der Waals surface area (Å²) in [5, 5.41) is 9.25. The largest absolute Gasteiger partial charge is 0.508 e. The molecule has 1 rings (SSSR count). The van der Waals surface area contributed by atoms with Gasteiger partial charge in [-0.3, -0.25) is 0 Å². The molecule has 78 valence electrons. The molecule has 0 bridgehead atoms. The number of benzene rings is 1. The number of aromatic hydroxyl groups is 1. The summed E-state index contributed by atoms with van der Waals surface area (Å²) < 4.78 is 37.3. The van der Waals surface area contributed by atoms with Gasteiger partial charge in [-0.15, -0.1) is 0 Å². The smallest absolute Gasteiger partial charge is 0.416 e. The molecule has 0 aromatic heterocycles. The van der Waals surface area contributed by atoms with Crippen LogP contribution in [0.3, 0.4) is 0 Å². The van der Waals surface area contributed by atoms with Crippen molar-refractivity contribution in [1.82, 2.24) is 0 Å². The van der Waals surface area contributed by atoms with Gasteiger partial charge in [0.15, 0.2) is 0 Å². The lowest BCUT2D eigenvalue weighted by Crippen LogP contribution is -2.15. The van der Waals surface area contributed by atoms with Crippen molar-refractivity contribution in [2.45, 2.75) is 19.1 Å². The summed E-state index contributed by atoms with van der Waals surface area (Å²) >= 11 is 0. The molecule has 2 nitrogen and oxygen atoms in total. The summed E-state index contributed by atoms with van der Waals surface area (Å²) in [6, 6.07) is 2.38. The monoisotopic (exact) mass is 205 g/mol. The zero-order valence-corrected chi connectivity index (χ0v) is 7.47. The van der Waals surface area contributed by atoms with Crippen LogP contribution in [0, 0.1) is 0 Å². The minimum atomic E-state index is -4.48. The highest BCUT2D eigenvalue weighted by atomic mass is 19.4. The van der Waals surface area contributed by atoms with E-state index in [2.05, 4.69) is 0 Å². The molecule has 0 saturated carbocycles. The van der Waals surface area contributed by atoms with E-state index in [1.54, 1.807) is 0 Å². The summed E-state index contributed by atoms with van der Waals surface area (Å²) in [6.07, 6.45) is -4.48. The third kappa shape index (κ3) is 1.98. The molecule has 0 saturated heterocycles. The van der Waals surface area contributed by atoms with Crippen LogP contribution < -0.4 is 5.73 Å². The van der Waals surface area contributed by atoms with Crippen LogP contribution >= 0.6 is 0 Å². The second-order valence-corrected chi connectivity index (χ2v) is 3.02. The lowest BCUT2D eigenvalue weighted by molar-refractivity contribution is -0.138. The first kappa shape index (κ1) is 10.8. The van der Waals surface area contributed by atoms with E-state index in [1.807, 2.05) is 0 Å².